The molecule has 0 amide bonds. The summed E-state index contributed by atoms with van der Waals surface area (Å²) in [5.74, 6) is -0.414. The Balaban J connectivity index is 3.33. The van der Waals surface area contributed by atoms with Gasteiger partial charge in [-0.3, -0.25) is 4.79 Å². The molecule has 1 N–H and O–H groups in total. The number of benzene rings is 1. The van der Waals surface area contributed by atoms with E-state index in [-0.39, 0.29) is 11.4 Å². The van der Waals surface area contributed by atoms with E-state index < -0.39 is 16.0 Å². The molecule has 7 nitrogen and oxygen atoms in total. The maximum absolute atomic E-state index is 12.8. The predicted octanol–water partition coefficient (Wildman–Crippen LogP) is 2.15. The number of carbonyl (C=O) groups excluding carboxylic acids is 1. The third-order valence-corrected chi connectivity index (χ3v) is 6.11. The minimum atomic E-state index is -3.57. The fraction of sp³-hybridized carbons (Fsp3) is 0.588. The van der Waals surface area contributed by atoms with Crippen LogP contribution in [0.5, 0.6) is 0 Å². The Morgan fingerprint density at radius 2 is 1.68 bits per heavy atom. The van der Waals surface area contributed by atoms with Crippen molar-refractivity contribution in [3.05, 3.63) is 18.2 Å². The number of sulfonamides is 1. The fourth-order valence-corrected chi connectivity index (χ4v) is 4.09. The normalized spacial score (nSPS) is 11.4. The third-order valence-electron chi connectivity index (χ3n) is 4.07. The van der Waals surface area contributed by atoms with E-state index in [1.807, 2.05) is 27.7 Å². The van der Waals surface area contributed by atoms with Crippen molar-refractivity contribution >= 4 is 27.4 Å². The topological polar surface area (TPSA) is 79.0 Å². The molecule has 0 atom stereocenters. The molecule has 0 aromatic heterocycles. The molecule has 1 aromatic rings. The van der Waals surface area contributed by atoms with Gasteiger partial charge in [-0.05, 0) is 32.0 Å². The van der Waals surface area contributed by atoms with E-state index in [4.69, 9.17) is 0 Å². The van der Waals surface area contributed by atoms with E-state index in [0.717, 1.165) is 18.8 Å². The molecule has 8 heteroatoms. The van der Waals surface area contributed by atoms with Crippen molar-refractivity contribution in [2.45, 2.75) is 32.6 Å². The maximum Gasteiger partial charge on any atom is 0.325 e. The lowest BCUT2D eigenvalue weighted by Crippen LogP contribution is -2.31. The van der Waals surface area contributed by atoms with E-state index in [1.54, 1.807) is 18.2 Å². The number of nitrogens with zero attached hydrogens (tertiary/aromatic N) is 2. The number of hydrogen-bond donors (Lipinski definition) is 1. The van der Waals surface area contributed by atoms with Crippen molar-refractivity contribution in [2.24, 2.45) is 0 Å². The van der Waals surface area contributed by atoms with Crippen molar-refractivity contribution in [2.75, 3.05) is 50.1 Å². The van der Waals surface area contributed by atoms with Crippen LogP contribution in [-0.2, 0) is 19.6 Å². The van der Waals surface area contributed by atoms with Crippen molar-refractivity contribution in [1.29, 1.82) is 0 Å². The van der Waals surface area contributed by atoms with Crippen LogP contribution < -0.4 is 10.2 Å². The summed E-state index contributed by atoms with van der Waals surface area (Å²) in [4.78, 5) is 13.8. The van der Waals surface area contributed by atoms with Crippen molar-refractivity contribution in [3.8, 4) is 0 Å². The molecular formula is C17H29N3O4S. The van der Waals surface area contributed by atoms with Crippen molar-refractivity contribution < 1.29 is 17.9 Å². The summed E-state index contributed by atoms with van der Waals surface area (Å²) in [5, 5.41) is 3.00. The Morgan fingerprint density at radius 3 is 2.16 bits per heavy atom. The number of rotatable bonds is 10. The second-order valence-corrected chi connectivity index (χ2v) is 7.31. The highest BCUT2D eigenvalue weighted by Crippen LogP contribution is 2.30. The van der Waals surface area contributed by atoms with Crippen LogP contribution in [0.15, 0.2) is 23.1 Å². The largest absolute Gasteiger partial charge is 0.468 e. The number of esters is 1. The molecule has 0 saturated heterocycles. The van der Waals surface area contributed by atoms with Gasteiger partial charge < -0.3 is 15.0 Å². The lowest BCUT2D eigenvalue weighted by molar-refractivity contribution is -0.138. The van der Waals surface area contributed by atoms with Gasteiger partial charge in [0.1, 0.15) is 6.54 Å². The molecule has 142 valence electrons. The van der Waals surface area contributed by atoms with Crippen molar-refractivity contribution in [3.63, 3.8) is 0 Å². The SMILES string of the molecule is CCN(CC)c1ccc(S(=O)(=O)N(CC)CC)cc1NCC(=O)OC. The first-order valence-electron chi connectivity index (χ1n) is 8.55. The molecule has 0 radical (unpaired) electrons. The molecule has 0 bridgehead atoms. The zero-order valence-electron chi connectivity index (χ0n) is 15.7. The first-order chi connectivity index (χ1) is 11.8. The molecule has 0 aliphatic rings. The average molecular weight is 372 g/mol. The quantitative estimate of drug-likeness (QED) is 0.635. The monoisotopic (exact) mass is 371 g/mol. The van der Waals surface area contributed by atoms with E-state index in [9.17, 15) is 13.2 Å². The number of hydrogen-bond acceptors (Lipinski definition) is 6. The zero-order chi connectivity index (χ0) is 19.0. The number of ether oxygens (including phenoxy) is 1. The van der Waals surface area contributed by atoms with E-state index in [1.165, 1.54) is 11.4 Å². The molecule has 0 aliphatic carbocycles. The number of anilines is 2. The van der Waals surface area contributed by atoms with Gasteiger partial charge in [-0.2, -0.15) is 4.31 Å². The van der Waals surface area contributed by atoms with Gasteiger partial charge in [0.25, 0.3) is 0 Å². The molecule has 25 heavy (non-hydrogen) atoms. The minimum absolute atomic E-state index is 0.0282. The summed E-state index contributed by atoms with van der Waals surface area (Å²) < 4.78 is 31.6. The Bertz CT molecular complexity index is 668. The van der Waals surface area contributed by atoms with Gasteiger partial charge in [0.05, 0.1) is 23.4 Å². The van der Waals surface area contributed by atoms with Crippen LogP contribution in [0.4, 0.5) is 11.4 Å². The first kappa shape index (κ1) is 21.2. The summed E-state index contributed by atoms with van der Waals surface area (Å²) >= 11 is 0. The lowest BCUT2D eigenvalue weighted by Gasteiger charge is -2.26. The fourth-order valence-electron chi connectivity index (χ4n) is 2.61. The van der Waals surface area contributed by atoms with Gasteiger partial charge in [-0.1, -0.05) is 13.8 Å². The number of nitrogens with one attached hydrogen (secondary N) is 1. The summed E-state index contributed by atoms with van der Waals surface area (Å²) in [6, 6.07) is 4.98. The Hall–Kier alpha value is -1.80. The zero-order valence-corrected chi connectivity index (χ0v) is 16.5. The van der Waals surface area contributed by atoms with E-state index in [0.29, 0.717) is 18.8 Å². The number of carbonyl (C=O) groups is 1. The first-order valence-corrected chi connectivity index (χ1v) is 9.99. The highest BCUT2D eigenvalue weighted by atomic mass is 32.2. The summed E-state index contributed by atoms with van der Waals surface area (Å²) in [5.41, 5.74) is 1.45. The lowest BCUT2D eigenvalue weighted by atomic mass is 10.2. The van der Waals surface area contributed by atoms with Crippen LogP contribution in [0.1, 0.15) is 27.7 Å². The molecule has 1 rings (SSSR count). The highest BCUT2D eigenvalue weighted by molar-refractivity contribution is 7.89. The molecule has 1 aromatic carbocycles. The average Bonchev–Trinajstić information content (AvgIpc) is 2.61. The van der Waals surface area contributed by atoms with Gasteiger partial charge in [-0.25, -0.2) is 8.42 Å². The molecule has 0 heterocycles. The maximum atomic E-state index is 12.8. The van der Waals surface area contributed by atoms with Crippen LogP contribution in [0.2, 0.25) is 0 Å². The van der Waals surface area contributed by atoms with Crippen LogP contribution in [0, 0.1) is 0 Å². The highest BCUT2D eigenvalue weighted by Gasteiger charge is 2.23. The minimum Gasteiger partial charge on any atom is -0.468 e. The smallest absolute Gasteiger partial charge is 0.325 e. The number of methoxy groups -OCH3 is 1. The Morgan fingerprint density at radius 1 is 1.08 bits per heavy atom. The van der Waals surface area contributed by atoms with E-state index in [2.05, 4.69) is 15.0 Å². The van der Waals surface area contributed by atoms with Crippen LogP contribution in [0.3, 0.4) is 0 Å². The van der Waals surface area contributed by atoms with Crippen molar-refractivity contribution in [1.82, 2.24) is 4.31 Å². The second-order valence-electron chi connectivity index (χ2n) is 5.37. The molecule has 0 saturated carbocycles. The van der Waals surface area contributed by atoms with Crippen LogP contribution in [0.25, 0.3) is 0 Å². The van der Waals surface area contributed by atoms with Gasteiger partial charge >= 0.3 is 5.97 Å². The second kappa shape index (κ2) is 9.62. The Kier molecular flexibility index (Phi) is 8.18. The molecular weight excluding hydrogens is 342 g/mol. The molecule has 0 spiro atoms. The van der Waals surface area contributed by atoms with Gasteiger partial charge in [0.15, 0.2) is 0 Å². The van der Waals surface area contributed by atoms with Gasteiger partial charge in [0, 0.05) is 26.2 Å². The van der Waals surface area contributed by atoms with Gasteiger partial charge in [-0.15, -0.1) is 0 Å². The summed E-state index contributed by atoms with van der Waals surface area (Å²) in [6.45, 7) is 9.98. The molecule has 0 aliphatic heterocycles. The summed E-state index contributed by atoms with van der Waals surface area (Å²) in [7, 11) is -2.25. The predicted molar refractivity (Wildman–Crippen MR) is 101 cm³/mol. The summed E-state index contributed by atoms with van der Waals surface area (Å²) in [6.07, 6.45) is 0. The Labute approximate surface area is 151 Å². The molecule has 0 fully saturated rings. The molecule has 0 unspecified atom stereocenters. The standard InChI is InChI=1S/C17H29N3O4S/c1-6-19(7-2)16-11-10-14(25(22,23)20(8-3)9-4)12-15(16)18-13-17(21)24-5/h10-12,18H,6-9,13H2,1-5H3. The third kappa shape index (κ3) is 5.09. The van der Waals surface area contributed by atoms with Gasteiger partial charge in [0.2, 0.25) is 10.0 Å². The van der Waals surface area contributed by atoms with Crippen LogP contribution >= 0.6 is 0 Å². The van der Waals surface area contributed by atoms with Crippen LogP contribution in [-0.4, -0.2) is 58.5 Å². The van der Waals surface area contributed by atoms with E-state index >= 15 is 0 Å².